The molecule has 0 saturated heterocycles. The van der Waals surface area contributed by atoms with E-state index in [-0.39, 0.29) is 0 Å². The maximum Gasteiger partial charge on any atom is 0.255 e. The lowest BCUT2D eigenvalue weighted by atomic mass is 10.1. The summed E-state index contributed by atoms with van der Waals surface area (Å²) in [5, 5.41) is 10.8. The first kappa shape index (κ1) is 12.3. The van der Waals surface area contributed by atoms with Crippen LogP contribution in [0.2, 0.25) is 0 Å². The highest BCUT2D eigenvalue weighted by Gasteiger charge is 2.07. The maximum absolute atomic E-state index is 5.67. The summed E-state index contributed by atoms with van der Waals surface area (Å²) >= 11 is 0. The van der Waals surface area contributed by atoms with Crippen LogP contribution < -0.4 is 10.1 Å². The quantitative estimate of drug-likeness (QED) is 0.892. The second-order valence-corrected chi connectivity index (χ2v) is 3.99. The minimum absolute atomic E-state index is 0.448. The van der Waals surface area contributed by atoms with Gasteiger partial charge in [0.2, 0.25) is 0 Å². The molecule has 0 bridgehead atoms. The van der Waals surface area contributed by atoms with Crippen molar-refractivity contribution < 1.29 is 4.74 Å². The average molecular weight is 244 g/mol. The van der Waals surface area contributed by atoms with Gasteiger partial charge >= 0.3 is 0 Å². The van der Waals surface area contributed by atoms with Gasteiger partial charge < -0.3 is 10.1 Å². The number of ether oxygens (including phenoxy) is 1. The molecule has 0 fully saturated rings. The fourth-order valence-electron chi connectivity index (χ4n) is 1.72. The van der Waals surface area contributed by atoms with Crippen LogP contribution in [-0.2, 0) is 6.61 Å². The summed E-state index contributed by atoms with van der Waals surface area (Å²) < 4.78 is 5.67. The van der Waals surface area contributed by atoms with Crippen molar-refractivity contribution in [1.82, 2.24) is 15.2 Å². The van der Waals surface area contributed by atoms with E-state index in [1.54, 1.807) is 0 Å². The van der Waals surface area contributed by atoms with Gasteiger partial charge in [-0.2, -0.15) is 0 Å². The second kappa shape index (κ2) is 5.44. The van der Waals surface area contributed by atoms with Crippen LogP contribution in [0.25, 0.3) is 0 Å². The van der Waals surface area contributed by atoms with E-state index in [2.05, 4.69) is 33.5 Å². The first-order chi connectivity index (χ1) is 8.72. The summed E-state index contributed by atoms with van der Waals surface area (Å²) in [6.45, 7) is 4.35. The zero-order valence-corrected chi connectivity index (χ0v) is 10.8. The van der Waals surface area contributed by atoms with Crippen LogP contribution in [0.5, 0.6) is 5.88 Å². The molecule has 1 aromatic carbocycles. The molecule has 1 N–H and O–H groups in total. The van der Waals surface area contributed by atoms with E-state index in [0.29, 0.717) is 12.5 Å². The molecule has 1 heterocycles. The summed E-state index contributed by atoms with van der Waals surface area (Å²) in [6, 6.07) is 6.09. The van der Waals surface area contributed by atoms with Gasteiger partial charge in [-0.1, -0.05) is 12.1 Å². The van der Waals surface area contributed by atoms with E-state index in [4.69, 9.17) is 4.74 Å². The maximum atomic E-state index is 5.67. The van der Waals surface area contributed by atoms with Gasteiger partial charge in [0.1, 0.15) is 18.6 Å². The van der Waals surface area contributed by atoms with Crippen LogP contribution in [0.4, 0.5) is 5.69 Å². The van der Waals surface area contributed by atoms with Crippen LogP contribution >= 0.6 is 0 Å². The Morgan fingerprint density at radius 3 is 2.83 bits per heavy atom. The highest BCUT2D eigenvalue weighted by molar-refractivity contribution is 5.53. The molecule has 0 aliphatic heterocycles. The van der Waals surface area contributed by atoms with Crippen molar-refractivity contribution in [1.29, 1.82) is 0 Å². The number of hydrogen-bond acceptors (Lipinski definition) is 5. The molecule has 2 rings (SSSR count). The lowest BCUT2D eigenvalue weighted by Crippen LogP contribution is -2.05. The molecule has 0 atom stereocenters. The van der Waals surface area contributed by atoms with E-state index in [1.807, 2.05) is 26.1 Å². The van der Waals surface area contributed by atoms with Gasteiger partial charge in [0.15, 0.2) is 0 Å². The molecule has 18 heavy (non-hydrogen) atoms. The minimum atomic E-state index is 0.448. The molecular formula is C13H16N4O. The molecule has 0 aliphatic carbocycles. The van der Waals surface area contributed by atoms with Crippen molar-refractivity contribution in [2.24, 2.45) is 0 Å². The van der Waals surface area contributed by atoms with Crippen molar-refractivity contribution >= 4 is 5.69 Å². The molecule has 0 spiro atoms. The second-order valence-electron chi connectivity index (χ2n) is 3.99. The van der Waals surface area contributed by atoms with E-state index in [1.165, 1.54) is 11.9 Å². The van der Waals surface area contributed by atoms with Gasteiger partial charge in [-0.25, -0.2) is 4.98 Å². The molecule has 94 valence electrons. The summed E-state index contributed by atoms with van der Waals surface area (Å²) in [4.78, 5) is 4.04. The molecule has 5 heteroatoms. The summed E-state index contributed by atoms with van der Waals surface area (Å²) in [7, 11) is 1.90. The smallest absolute Gasteiger partial charge is 0.255 e. The third-order valence-corrected chi connectivity index (χ3v) is 2.79. The zero-order chi connectivity index (χ0) is 13.0. The highest BCUT2D eigenvalue weighted by atomic mass is 16.5. The lowest BCUT2D eigenvalue weighted by molar-refractivity contribution is 0.285. The molecule has 5 nitrogen and oxygen atoms in total. The number of rotatable bonds is 4. The number of benzene rings is 1. The topological polar surface area (TPSA) is 59.9 Å². The Morgan fingerprint density at radius 1 is 1.28 bits per heavy atom. The molecule has 0 radical (unpaired) electrons. The predicted octanol–water partition coefficient (Wildman–Crippen LogP) is 2.11. The fourth-order valence-corrected chi connectivity index (χ4v) is 1.72. The molecule has 2 aromatic rings. The number of aromatic nitrogens is 3. The lowest BCUT2D eigenvalue weighted by Gasteiger charge is -2.13. The van der Waals surface area contributed by atoms with Gasteiger partial charge in [0.25, 0.3) is 5.88 Å². The van der Waals surface area contributed by atoms with Crippen molar-refractivity contribution in [3.63, 3.8) is 0 Å². The van der Waals surface area contributed by atoms with Crippen LogP contribution in [0.1, 0.15) is 16.8 Å². The van der Waals surface area contributed by atoms with Crippen molar-refractivity contribution in [3.8, 4) is 5.88 Å². The van der Waals surface area contributed by atoms with Crippen LogP contribution in [0.15, 0.2) is 24.5 Å². The van der Waals surface area contributed by atoms with Crippen molar-refractivity contribution in [2.45, 2.75) is 20.5 Å². The predicted molar refractivity (Wildman–Crippen MR) is 69.6 cm³/mol. The summed E-state index contributed by atoms with van der Waals surface area (Å²) in [6.07, 6.45) is 1.41. The van der Waals surface area contributed by atoms with Crippen LogP contribution in [0, 0.1) is 13.8 Å². The first-order valence-electron chi connectivity index (χ1n) is 5.75. The van der Waals surface area contributed by atoms with Gasteiger partial charge in [0, 0.05) is 18.3 Å². The molecular weight excluding hydrogens is 228 g/mol. The SMILES string of the molecule is CNc1cccc(C)c1COc1nncnc1C. The zero-order valence-electron chi connectivity index (χ0n) is 10.8. The summed E-state index contributed by atoms with van der Waals surface area (Å²) in [5.74, 6) is 0.475. The van der Waals surface area contributed by atoms with Crippen LogP contribution in [-0.4, -0.2) is 22.2 Å². The Bertz CT molecular complexity index is 542. The van der Waals surface area contributed by atoms with E-state index < -0.39 is 0 Å². The minimum Gasteiger partial charge on any atom is -0.470 e. The molecule has 0 amide bonds. The van der Waals surface area contributed by atoms with E-state index in [0.717, 1.165) is 16.9 Å². The Morgan fingerprint density at radius 2 is 2.11 bits per heavy atom. The normalized spacial score (nSPS) is 10.2. The fraction of sp³-hybridized carbons (Fsp3) is 0.308. The number of anilines is 1. The van der Waals surface area contributed by atoms with Crippen LogP contribution in [0.3, 0.4) is 0 Å². The largest absolute Gasteiger partial charge is 0.470 e. The van der Waals surface area contributed by atoms with Gasteiger partial charge in [-0.3, -0.25) is 0 Å². The number of aryl methyl sites for hydroxylation is 2. The summed E-state index contributed by atoms with van der Waals surface area (Å²) in [5.41, 5.74) is 4.09. The van der Waals surface area contributed by atoms with Gasteiger partial charge in [0.05, 0.1) is 0 Å². The number of nitrogens with zero attached hydrogens (tertiary/aromatic N) is 3. The van der Waals surface area contributed by atoms with E-state index in [9.17, 15) is 0 Å². The Kier molecular flexibility index (Phi) is 3.72. The Labute approximate surface area is 106 Å². The van der Waals surface area contributed by atoms with Crippen molar-refractivity contribution in [2.75, 3.05) is 12.4 Å². The Balaban J connectivity index is 2.18. The highest BCUT2D eigenvalue weighted by Crippen LogP contribution is 2.21. The molecule has 0 aliphatic rings. The van der Waals surface area contributed by atoms with Gasteiger partial charge in [-0.05, 0) is 25.5 Å². The third kappa shape index (κ3) is 2.56. The molecule has 0 unspecified atom stereocenters. The van der Waals surface area contributed by atoms with Crippen molar-refractivity contribution in [3.05, 3.63) is 41.3 Å². The third-order valence-electron chi connectivity index (χ3n) is 2.79. The standard InChI is InChI=1S/C13H16N4O/c1-9-5-4-6-12(14-3)11(9)7-18-13-10(2)15-8-16-17-13/h4-6,8,14H,7H2,1-3H3. The number of nitrogens with one attached hydrogen (secondary N) is 1. The average Bonchev–Trinajstić information content (AvgIpc) is 2.39. The monoisotopic (exact) mass is 244 g/mol. The van der Waals surface area contributed by atoms with Gasteiger partial charge in [-0.15, -0.1) is 10.2 Å². The molecule has 0 saturated carbocycles. The number of hydrogen-bond donors (Lipinski definition) is 1. The Hall–Kier alpha value is -2.17. The molecule has 1 aromatic heterocycles. The first-order valence-corrected chi connectivity index (χ1v) is 5.75. The van der Waals surface area contributed by atoms with E-state index >= 15 is 0 Å².